The number of hydrogen-bond acceptors (Lipinski definition) is 3. The maximum absolute atomic E-state index is 4.33. The molecule has 0 saturated heterocycles. The minimum atomic E-state index is 0.370. The maximum atomic E-state index is 4.33. The van der Waals surface area contributed by atoms with Gasteiger partial charge in [0.25, 0.3) is 0 Å². The number of nitrogens with zero attached hydrogens (tertiary/aromatic N) is 4. The van der Waals surface area contributed by atoms with E-state index in [9.17, 15) is 0 Å². The lowest BCUT2D eigenvalue weighted by Gasteiger charge is -2.07. The molecule has 2 heterocycles. The molecule has 0 bridgehead atoms. The van der Waals surface area contributed by atoms with E-state index in [0.717, 1.165) is 17.2 Å². The molecule has 5 heteroatoms. The van der Waals surface area contributed by atoms with Gasteiger partial charge in [0.05, 0.1) is 5.69 Å². The number of aryl methyl sites for hydroxylation is 1. The fourth-order valence-electron chi connectivity index (χ4n) is 1.38. The molecule has 0 aromatic carbocycles. The Morgan fingerprint density at radius 3 is 2.62 bits per heavy atom. The lowest BCUT2D eigenvalue weighted by molar-refractivity contribution is 0.771. The molecule has 0 N–H and O–H groups in total. The lowest BCUT2D eigenvalue weighted by Crippen LogP contribution is -2.03. The molecule has 2 aromatic rings. The van der Waals surface area contributed by atoms with Crippen LogP contribution in [-0.2, 0) is 0 Å². The minimum absolute atomic E-state index is 0.370. The highest BCUT2D eigenvalue weighted by Crippen LogP contribution is 2.17. The van der Waals surface area contributed by atoms with Gasteiger partial charge in [-0.2, -0.15) is 5.10 Å². The first-order valence-electron chi connectivity index (χ1n) is 5.13. The van der Waals surface area contributed by atoms with Crippen molar-refractivity contribution in [3.8, 4) is 5.82 Å². The average Bonchev–Trinajstić information content (AvgIpc) is 2.64. The van der Waals surface area contributed by atoms with Crippen molar-refractivity contribution in [3.63, 3.8) is 0 Å². The summed E-state index contributed by atoms with van der Waals surface area (Å²) in [4.78, 5) is 8.64. The molecule has 0 atom stereocenters. The van der Waals surface area contributed by atoms with Crippen molar-refractivity contribution in [2.45, 2.75) is 26.7 Å². The van der Waals surface area contributed by atoms with E-state index in [0.29, 0.717) is 10.7 Å². The second-order valence-electron chi connectivity index (χ2n) is 3.98. The van der Waals surface area contributed by atoms with Crippen molar-refractivity contribution in [1.82, 2.24) is 19.7 Å². The van der Waals surface area contributed by atoms with Gasteiger partial charge < -0.3 is 0 Å². The van der Waals surface area contributed by atoms with Gasteiger partial charge >= 0.3 is 0 Å². The van der Waals surface area contributed by atoms with Crippen LogP contribution in [0.1, 0.15) is 31.2 Å². The monoisotopic (exact) mass is 280 g/mol. The fourth-order valence-corrected chi connectivity index (χ4v) is 1.77. The smallest absolute Gasteiger partial charge is 0.198 e. The van der Waals surface area contributed by atoms with E-state index in [4.69, 9.17) is 0 Å². The molecule has 84 valence electrons. The van der Waals surface area contributed by atoms with E-state index in [2.05, 4.69) is 44.8 Å². The van der Waals surface area contributed by atoms with Crippen LogP contribution < -0.4 is 0 Å². The van der Waals surface area contributed by atoms with Gasteiger partial charge in [-0.25, -0.2) is 14.6 Å². The third kappa shape index (κ3) is 2.29. The molecular weight excluding hydrogens is 268 g/mol. The molecule has 0 radical (unpaired) electrons. The van der Waals surface area contributed by atoms with Crippen LogP contribution in [-0.4, -0.2) is 19.7 Å². The standard InChI is InChI=1S/C11H13BrN4/c1-7(2)9-6-10(14-11(12)13-9)16-5-4-8(3)15-16/h4-7H,1-3H3. The number of aromatic nitrogens is 4. The maximum Gasteiger partial charge on any atom is 0.198 e. The second-order valence-corrected chi connectivity index (χ2v) is 4.69. The van der Waals surface area contributed by atoms with Gasteiger partial charge in [-0.1, -0.05) is 13.8 Å². The van der Waals surface area contributed by atoms with E-state index in [1.807, 2.05) is 25.3 Å². The van der Waals surface area contributed by atoms with E-state index >= 15 is 0 Å². The number of rotatable bonds is 2. The average molecular weight is 281 g/mol. The highest BCUT2D eigenvalue weighted by atomic mass is 79.9. The SMILES string of the molecule is Cc1ccn(-c2cc(C(C)C)nc(Br)n2)n1. The number of hydrogen-bond donors (Lipinski definition) is 0. The molecule has 4 nitrogen and oxygen atoms in total. The summed E-state index contributed by atoms with van der Waals surface area (Å²) >= 11 is 3.32. The second kappa shape index (κ2) is 4.33. The first-order chi connectivity index (χ1) is 7.56. The van der Waals surface area contributed by atoms with Gasteiger partial charge in [0.2, 0.25) is 0 Å². The van der Waals surface area contributed by atoms with Crippen molar-refractivity contribution in [1.29, 1.82) is 0 Å². The highest BCUT2D eigenvalue weighted by Gasteiger charge is 2.08. The topological polar surface area (TPSA) is 43.6 Å². The fraction of sp³-hybridized carbons (Fsp3) is 0.364. The van der Waals surface area contributed by atoms with Crippen molar-refractivity contribution < 1.29 is 0 Å². The summed E-state index contributed by atoms with van der Waals surface area (Å²) in [6.07, 6.45) is 1.90. The Kier molecular flexibility index (Phi) is 3.05. The van der Waals surface area contributed by atoms with E-state index in [1.54, 1.807) is 4.68 Å². The molecule has 2 aromatic heterocycles. The summed E-state index contributed by atoms with van der Waals surface area (Å²) in [5, 5.41) is 4.33. The Labute approximate surface area is 103 Å². The van der Waals surface area contributed by atoms with Crippen LogP contribution in [0.4, 0.5) is 0 Å². The third-order valence-electron chi connectivity index (χ3n) is 2.25. The molecule has 0 aliphatic carbocycles. The van der Waals surface area contributed by atoms with E-state index in [-0.39, 0.29) is 0 Å². The predicted molar refractivity (Wildman–Crippen MR) is 65.7 cm³/mol. The van der Waals surface area contributed by atoms with Crippen LogP contribution in [0.15, 0.2) is 23.1 Å². The summed E-state index contributed by atoms with van der Waals surface area (Å²) in [7, 11) is 0. The molecule has 0 amide bonds. The van der Waals surface area contributed by atoms with Gasteiger partial charge in [-0.05, 0) is 34.8 Å². The van der Waals surface area contributed by atoms with Crippen molar-refractivity contribution in [2.75, 3.05) is 0 Å². The van der Waals surface area contributed by atoms with Crippen LogP contribution in [0, 0.1) is 6.92 Å². The highest BCUT2D eigenvalue weighted by molar-refractivity contribution is 9.10. The molecule has 0 unspecified atom stereocenters. The van der Waals surface area contributed by atoms with Gasteiger partial charge in [0, 0.05) is 18.0 Å². The molecule has 0 aliphatic heterocycles. The Bertz CT molecular complexity index is 504. The minimum Gasteiger partial charge on any atom is -0.227 e. The predicted octanol–water partition coefficient (Wildman–Crippen LogP) is 2.86. The Hall–Kier alpha value is -1.23. The van der Waals surface area contributed by atoms with Crippen molar-refractivity contribution >= 4 is 15.9 Å². The van der Waals surface area contributed by atoms with Crippen LogP contribution in [0.3, 0.4) is 0 Å². The molecule has 0 aliphatic rings. The largest absolute Gasteiger partial charge is 0.227 e. The molecule has 2 rings (SSSR count). The Morgan fingerprint density at radius 2 is 2.06 bits per heavy atom. The summed E-state index contributed by atoms with van der Waals surface area (Å²) < 4.78 is 2.36. The first kappa shape index (κ1) is 11.3. The van der Waals surface area contributed by atoms with Crippen LogP contribution >= 0.6 is 15.9 Å². The van der Waals surface area contributed by atoms with Gasteiger partial charge in [-0.15, -0.1) is 0 Å². The summed E-state index contributed by atoms with van der Waals surface area (Å²) in [5.41, 5.74) is 1.98. The van der Waals surface area contributed by atoms with Crippen LogP contribution in [0.5, 0.6) is 0 Å². The van der Waals surface area contributed by atoms with Gasteiger partial charge in [0.1, 0.15) is 0 Å². The normalized spacial score (nSPS) is 11.1. The summed E-state index contributed by atoms with van der Waals surface area (Å²) in [5.74, 6) is 1.16. The molecule has 0 saturated carbocycles. The summed E-state index contributed by atoms with van der Waals surface area (Å²) in [6, 6.07) is 3.91. The zero-order valence-corrected chi connectivity index (χ0v) is 11.1. The zero-order chi connectivity index (χ0) is 11.7. The lowest BCUT2D eigenvalue weighted by atomic mass is 10.1. The summed E-state index contributed by atoms with van der Waals surface area (Å²) in [6.45, 7) is 6.16. The molecular formula is C11H13BrN4. The Balaban J connectivity index is 2.49. The van der Waals surface area contributed by atoms with Crippen molar-refractivity contribution in [2.24, 2.45) is 0 Å². The van der Waals surface area contributed by atoms with Gasteiger partial charge in [-0.3, -0.25) is 0 Å². The van der Waals surface area contributed by atoms with Crippen LogP contribution in [0.2, 0.25) is 0 Å². The van der Waals surface area contributed by atoms with Gasteiger partial charge in [0.15, 0.2) is 10.6 Å². The first-order valence-corrected chi connectivity index (χ1v) is 5.92. The van der Waals surface area contributed by atoms with Crippen LogP contribution in [0.25, 0.3) is 5.82 Å². The third-order valence-corrected chi connectivity index (χ3v) is 2.61. The molecule has 0 fully saturated rings. The Morgan fingerprint density at radius 1 is 1.31 bits per heavy atom. The quantitative estimate of drug-likeness (QED) is 0.795. The molecule has 0 spiro atoms. The van der Waals surface area contributed by atoms with Crippen molar-refractivity contribution in [3.05, 3.63) is 34.5 Å². The van der Waals surface area contributed by atoms with E-state index in [1.165, 1.54) is 0 Å². The van der Waals surface area contributed by atoms with E-state index < -0.39 is 0 Å². The zero-order valence-electron chi connectivity index (χ0n) is 9.48. The molecule has 16 heavy (non-hydrogen) atoms. The number of halogens is 1.